The van der Waals surface area contributed by atoms with Crippen LogP contribution in [0.4, 0.5) is 5.69 Å². The van der Waals surface area contributed by atoms with Crippen molar-refractivity contribution in [3.8, 4) is 5.75 Å². The Labute approximate surface area is 162 Å². The van der Waals surface area contributed by atoms with E-state index >= 15 is 0 Å². The molecule has 0 aliphatic carbocycles. The lowest BCUT2D eigenvalue weighted by Gasteiger charge is -2.13. The molecule has 1 amide bonds. The molecule has 0 spiro atoms. The van der Waals surface area contributed by atoms with Crippen LogP contribution in [-0.2, 0) is 11.2 Å². The molecule has 0 saturated carbocycles. The number of thiocarbonyl (C=S) groups is 1. The van der Waals surface area contributed by atoms with Crippen LogP contribution >= 0.6 is 12.2 Å². The minimum atomic E-state index is -1.04. The first-order valence-corrected chi connectivity index (χ1v) is 8.64. The number of nitrogens with one attached hydrogen (secondary N) is 2. The quantitative estimate of drug-likeness (QED) is 0.522. The molecule has 0 fully saturated rings. The van der Waals surface area contributed by atoms with Crippen LogP contribution in [0.3, 0.4) is 0 Å². The number of carboxylic acid groups (broad SMARTS) is 1. The number of aliphatic carboxylic acids is 1. The van der Waals surface area contributed by atoms with Gasteiger partial charge in [0.05, 0.1) is 12.8 Å². The number of carbonyl (C=O) groups is 2. The normalized spacial score (nSPS) is 10.4. The first-order chi connectivity index (χ1) is 12.9. The number of amides is 1. The van der Waals surface area contributed by atoms with Crippen molar-refractivity contribution >= 4 is 41.0 Å². The summed E-state index contributed by atoms with van der Waals surface area (Å²) < 4.78 is 5.27. The van der Waals surface area contributed by atoms with E-state index in [-0.39, 0.29) is 11.0 Å². The standard InChI is InChI=1S/C20H20N2O4S/c1-3-13-4-8-15(9-5-13)19(25)22-20(27)21-16-12-14(7-11-18(23)24)6-10-17(16)26-2/h4-12H,3H2,1-2H3,(H,23,24)(H2,21,22,25,27)/b11-7+. The molecule has 2 aromatic carbocycles. The Hall–Kier alpha value is -3.19. The van der Waals surface area contributed by atoms with E-state index in [0.29, 0.717) is 22.6 Å². The number of benzene rings is 2. The lowest BCUT2D eigenvalue weighted by Crippen LogP contribution is -2.34. The second-order valence-corrected chi connectivity index (χ2v) is 6.00. The summed E-state index contributed by atoms with van der Waals surface area (Å²) in [6.45, 7) is 2.04. The molecule has 140 valence electrons. The van der Waals surface area contributed by atoms with Crippen molar-refractivity contribution in [2.45, 2.75) is 13.3 Å². The number of aryl methyl sites for hydroxylation is 1. The molecule has 0 aromatic heterocycles. The van der Waals surface area contributed by atoms with Crippen molar-refractivity contribution in [2.75, 3.05) is 12.4 Å². The SMILES string of the molecule is CCc1ccc(C(=O)NC(=S)Nc2cc(/C=C/C(=O)O)ccc2OC)cc1. The molecule has 0 aliphatic heterocycles. The Morgan fingerprint density at radius 2 is 1.89 bits per heavy atom. The van der Waals surface area contributed by atoms with Crippen LogP contribution in [0.15, 0.2) is 48.5 Å². The van der Waals surface area contributed by atoms with E-state index in [2.05, 4.69) is 10.6 Å². The molecule has 3 N–H and O–H groups in total. The molecule has 7 heteroatoms. The molecule has 6 nitrogen and oxygen atoms in total. The number of methoxy groups -OCH3 is 1. The van der Waals surface area contributed by atoms with E-state index in [0.717, 1.165) is 18.1 Å². The van der Waals surface area contributed by atoms with Gasteiger partial charge in [0.15, 0.2) is 5.11 Å². The molecular formula is C20H20N2O4S. The van der Waals surface area contributed by atoms with Gasteiger partial charge in [-0.1, -0.05) is 25.1 Å². The van der Waals surface area contributed by atoms with Crippen LogP contribution < -0.4 is 15.4 Å². The molecule has 0 bridgehead atoms. The average Bonchev–Trinajstić information content (AvgIpc) is 2.66. The van der Waals surface area contributed by atoms with Gasteiger partial charge in [-0.15, -0.1) is 0 Å². The Morgan fingerprint density at radius 3 is 2.48 bits per heavy atom. The molecular weight excluding hydrogens is 364 g/mol. The maximum absolute atomic E-state index is 12.3. The second kappa shape index (κ2) is 9.49. The molecule has 27 heavy (non-hydrogen) atoms. The van der Waals surface area contributed by atoms with E-state index in [1.54, 1.807) is 30.3 Å². The van der Waals surface area contributed by atoms with Crippen LogP contribution in [0.1, 0.15) is 28.4 Å². The van der Waals surface area contributed by atoms with Gasteiger partial charge in [0, 0.05) is 11.6 Å². The zero-order valence-electron chi connectivity index (χ0n) is 15.0. The van der Waals surface area contributed by atoms with Gasteiger partial charge in [-0.25, -0.2) is 4.79 Å². The number of anilines is 1. The third-order valence-corrected chi connectivity index (χ3v) is 3.95. The maximum atomic E-state index is 12.3. The predicted molar refractivity (Wildman–Crippen MR) is 109 cm³/mol. The van der Waals surface area contributed by atoms with E-state index in [4.69, 9.17) is 22.1 Å². The molecule has 0 aliphatic rings. The van der Waals surface area contributed by atoms with Gasteiger partial charge in [-0.3, -0.25) is 10.1 Å². The molecule has 0 unspecified atom stereocenters. The van der Waals surface area contributed by atoms with Crippen molar-refractivity contribution < 1.29 is 19.4 Å². The minimum Gasteiger partial charge on any atom is -0.495 e. The van der Waals surface area contributed by atoms with Crippen molar-refractivity contribution in [1.29, 1.82) is 0 Å². The van der Waals surface area contributed by atoms with Crippen molar-refractivity contribution in [3.05, 3.63) is 65.2 Å². The molecule has 0 heterocycles. The van der Waals surface area contributed by atoms with Crippen molar-refractivity contribution in [2.24, 2.45) is 0 Å². The summed E-state index contributed by atoms with van der Waals surface area (Å²) in [5, 5.41) is 14.4. The topological polar surface area (TPSA) is 87.7 Å². The number of rotatable bonds is 6. The fourth-order valence-corrected chi connectivity index (χ4v) is 2.52. The summed E-state index contributed by atoms with van der Waals surface area (Å²) in [5.41, 5.74) is 2.80. The van der Waals surface area contributed by atoms with Crippen LogP contribution in [-0.4, -0.2) is 29.2 Å². The number of carboxylic acids is 1. The smallest absolute Gasteiger partial charge is 0.328 e. The molecule has 2 aromatic rings. The van der Waals surface area contributed by atoms with Gasteiger partial charge in [-0.05, 0) is 60.1 Å². The lowest BCUT2D eigenvalue weighted by atomic mass is 10.1. The Kier molecular flexibility index (Phi) is 7.08. The molecule has 0 atom stereocenters. The van der Waals surface area contributed by atoms with Crippen LogP contribution in [0.2, 0.25) is 0 Å². The van der Waals surface area contributed by atoms with Crippen molar-refractivity contribution in [1.82, 2.24) is 5.32 Å². The van der Waals surface area contributed by atoms with Crippen LogP contribution in [0.5, 0.6) is 5.75 Å². The van der Waals surface area contributed by atoms with Gasteiger partial charge in [-0.2, -0.15) is 0 Å². The Morgan fingerprint density at radius 1 is 1.19 bits per heavy atom. The maximum Gasteiger partial charge on any atom is 0.328 e. The Bertz CT molecular complexity index is 876. The zero-order chi connectivity index (χ0) is 19.8. The highest BCUT2D eigenvalue weighted by Crippen LogP contribution is 2.26. The first-order valence-electron chi connectivity index (χ1n) is 8.23. The van der Waals surface area contributed by atoms with Gasteiger partial charge in [0.25, 0.3) is 5.91 Å². The largest absolute Gasteiger partial charge is 0.495 e. The minimum absolute atomic E-state index is 0.109. The number of hydrogen-bond donors (Lipinski definition) is 3. The average molecular weight is 384 g/mol. The summed E-state index contributed by atoms with van der Waals surface area (Å²) in [7, 11) is 1.50. The van der Waals surface area contributed by atoms with Gasteiger partial charge < -0.3 is 15.2 Å². The summed E-state index contributed by atoms with van der Waals surface area (Å²) >= 11 is 5.21. The van der Waals surface area contributed by atoms with E-state index in [1.807, 2.05) is 19.1 Å². The zero-order valence-corrected chi connectivity index (χ0v) is 15.8. The van der Waals surface area contributed by atoms with Crippen LogP contribution in [0.25, 0.3) is 6.08 Å². The van der Waals surface area contributed by atoms with E-state index in [9.17, 15) is 9.59 Å². The predicted octanol–water partition coefficient (Wildman–Crippen LogP) is 3.48. The fourth-order valence-electron chi connectivity index (χ4n) is 2.32. The first kappa shape index (κ1) is 20.1. The summed E-state index contributed by atoms with van der Waals surface area (Å²) in [6, 6.07) is 12.3. The summed E-state index contributed by atoms with van der Waals surface area (Å²) in [4.78, 5) is 23.0. The van der Waals surface area contributed by atoms with Gasteiger partial charge >= 0.3 is 5.97 Å². The Balaban J connectivity index is 2.10. The molecule has 0 saturated heterocycles. The third kappa shape index (κ3) is 5.93. The highest BCUT2D eigenvalue weighted by atomic mass is 32.1. The summed E-state index contributed by atoms with van der Waals surface area (Å²) in [6.07, 6.45) is 3.38. The number of carbonyl (C=O) groups excluding carboxylic acids is 1. The highest BCUT2D eigenvalue weighted by Gasteiger charge is 2.10. The van der Waals surface area contributed by atoms with E-state index < -0.39 is 5.97 Å². The third-order valence-electron chi connectivity index (χ3n) is 3.74. The number of ether oxygens (including phenoxy) is 1. The summed E-state index contributed by atoms with van der Waals surface area (Å²) in [5.74, 6) is -0.861. The van der Waals surface area contributed by atoms with E-state index in [1.165, 1.54) is 13.2 Å². The van der Waals surface area contributed by atoms with Gasteiger partial charge in [0.2, 0.25) is 0 Å². The molecule has 2 rings (SSSR count). The second-order valence-electron chi connectivity index (χ2n) is 5.59. The molecule has 0 radical (unpaired) electrons. The van der Waals surface area contributed by atoms with Gasteiger partial charge in [0.1, 0.15) is 5.75 Å². The number of hydrogen-bond acceptors (Lipinski definition) is 4. The fraction of sp³-hybridized carbons (Fsp3) is 0.150. The monoisotopic (exact) mass is 384 g/mol. The highest BCUT2D eigenvalue weighted by molar-refractivity contribution is 7.80. The van der Waals surface area contributed by atoms with Crippen molar-refractivity contribution in [3.63, 3.8) is 0 Å². The van der Waals surface area contributed by atoms with Crippen LogP contribution in [0, 0.1) is 0 Å². The lowest BCUT2D eigenvalue weighted by molar-refractivity contribution is -0.131.